The number of halogens is 1. The summed E-state index contributed by atoms with van der Waals surface area (Å²) < 4.78 is 5.42. The minimum atomic E-state index is -0.0874. The van der Waals surface area contributed by atoms with E-state index in [1.807, 2.05) is 0 Å². The van der Waals surface area contributed by atoms with Crippen LogP contribution in [0.3, 0.4) is 0 Å². The Morgan fingerprint density at radius 1 is 1.42 bits per heavy atom. The van der Waals surface area contributed by atoms with Gasteiger partial charge in [0.25, 0.3) is 0 Å². The predicted molar refractivity (Wildman–Crippen MR) is 72.0 cm³/mol. The topological polar surface area (TPSA) is 63.8 Å². The first-order chi connectivity index (χ1) is 9.17. The van der Waals surface area contributed by atoms with E-state index in [0.29, 0.717) is 22.4 Å². The van der Waals surface area contributed by atoms with Crippen molar-refractivity contribution in [3.8, 4) is 11.5 Å². The number of piperidine rings is 1. The molecule has 1 aliphatic rings. The van der Waals surface area contributed by atoms with Gasteiger partial charge in [0.05, 0.1) is 10.4 Å². The Kier molecular flexibility index (Phi) is 3.24. The third-order valence-electron chi connectivity index (χ3n) is 3.50. The molecule has 0 aliphatic carbocycles. The zero-order valence-electron chi connectivity index (χ0n) is 10.7. The van der Waals surface area contributed by atoms with Gasteiger partial charge in [-0.15, -0.1) is 0 Å². The van der Waals surface area contributed by atoms with E-state index in [9.17, 15) is 0 Å². The molecule has 0 spiro atoms. The Balaban J connectivity index is 1.88. The Bertz CT molecular complexity index is 560. The molecule has 1 unspecified atom stereocenters. The van der Waals surface area contributed by atoms with Crippen molar-refractivity contribution >= 4 is 11.6 Å². The average Bonchev–Trinajstić information content (AvgIpc) is 2.91. The fourth-order valence-corrected chi connectivity index (χ4v) is 2.43. The van der Waals surface area contributed by atoms with Crippen molar-refractivity contribution in [2.75, 3.05) is 13.1 Å². The maximum atomic E-state index is 5.81. The molecular formula is C13H15ClN4O. The van der Waals surface area contributed by atoms with Crippen LogP contribution in [0.15, 0.2) is 22.9 Å². The molecule has 100 valence electrons. The van der Waals surface area contributed by atoms with E-state index in [2.05, 4.69) is 27.4 Å². The third kappa shape index (κ3) is 2.48. The number of hydrogen-bond acceptors (Lipinski definition) is 5. The summed E-state index contributed by atoms with van der Waals surface area (Å²) in [6.45, 7) is 4.06. The van der Waals surface area contributed by atoms with Crippen molar-refractivity contribution < 1.29 is 4.52 Å². The van der Waals surface area contributed by atoms with Crippen LogP contribution in [0.1, 0.15) is 25.7 Å². The summed E-state index contributed by atoms with van der Waals surface area (Å²) in [5, 5.41) is 7.98. The van der Waals surface area contributed by atoms with Gasteiger partial charge in [-0.1, -0.05) is 16.8 Å². The summed E-state index contributed by atoms with van der Waals surface area (Å²) in [7, 11) is 0. The maximum Gasteiger partial charge on any atom is 0.234 e. The number of rotatable bonds is 2. The summed E-state index contributed by atoms with van der Waals surface area (Å²) in [5.74, 6) is 1.19. The molecule has 3 rings (SSSR count). The van der Waals surface area contributed by atoms with Gasteiger partial charge in [0.1, 0.15) is 5.69 Å². The monoisotopic (exact) mass is 278 g/mol. The van der Waals surface area contributed by atoms with Crippen molar-refractivity contribution in [3.63, 3.8) is 0 Å². The summed E-state index contributed by atoms with van der Waals surface area (Å²) in [6, 6.07) is 3.56. The second-order valence-corrected chi connectivity index (χ2v) is 5.56. The van der Waals surface area contributed by atoms with E-state index < -0.39 is 0 Å². The van der Waals surface area contributed by atoms with Crippen LogP contribution in [-0.2, 0) is 5.41 Å². The standard InChI is InChI=1S/C13H15ClN4O/c1-13(5-2-6-15-8-13)12-17-11(18-19-12)10-4-3-9(14)7-16-10/h3-4,7,15H,2,5-6,8H2,1H3. The van der Waals surface area contributed by atoms with Crippen molar-refractivity contribution in [1.82, 2.24) is 20.4 Å². The van der Waals surface area contributed by atoms with Crippen LogP contribution in [0.4, 0.5) is 0 Å². The molecule has 1 saturated heterocycles. The van der Waals surface area contributed by atoms with Gasteiger partial charge in [-0.2, -0.15) is 4.98 Å². The van der Waals surface area contributed by atoms with Crippen LogP contribution in [0.2, 0.25) is 5.02 Å². The molecule has 0 radical (unpaired) electrons. The summed E-state index contributed by atoms with van der Waals surface area (Å²) in [6.07, 6.45) is 3.75. The highest BCUT2D eigenvalue weighted by Gasteiger charge is 2.34. The number of hydrogen-bond donors (Lipinski definition) is 1. The molecule has 1 N–H and O–H groups in total. The number of pyridine rings is 1. The minimum Gasteiger partial charge on any atom is -0.338 e. The quantitative estimate of drug-likeness (QED) is 0.914. The molecule has 5 nitrogen and oxygen atoms in total. The van der Waals surface area contributed by atoms with Crippen LogP contribution in [0.25, 0.3) is 11.5 Å². The van der Waals surface area contributed by atoms with Crippen molar-refractivity contribution in [1.29, 1.82) is 0 Å². The lowest BCUT2D eigenvalue weighted by atomic mass is 9.83. The first kappa shape index (κ1) is 12.6. The molecule has 2 aromatic rings. The highest BCUT2D eigenvalue weighted by Crippen LogP contribution is 2.30. The molecule has 19 heavy (non-hydrogen) atoms. The molecule has 0 amide bonds. The molecule has 0 saturated carbocycles. The fraction of sp³-hybridized carbons (Fsp3) is 0.462. The normalized spacial score (nSPS) is 23.5. The number of nitrogens with zero attached hydrogens (tertiary/aromatic N) is 3. The van der Waals surface area contributed by atoms with Crippen LogP contribution in [0, 0.1) is 0 Å². The van der Waals surface area contributed by atoms with Gasteiger partial charge in [0.15, 0.2) is 0 Å². The van der Waals surface area contributed by atoms with Gasteiger partial charge >= 0.3 is 0 Å². The second-order valence-electron chi connectivity index (χ2n) is 5.13. The van der Waals surface area contributed by atoms with Crippen LogP contribution < -0.4 is 5.32 Å². The Morgan fingerprint density at radius 3 is 3.00 bits per heavy atom. The van der Waals surface area contributed by atoms with E-state index in [1.54, 1.807) is 18.3 Å². The molecule has 0 bridgehead atoms. The SMILES string of the molecule is CC1(c2nc(-c3ccc(Cl)cn3)no2)CCCNC1. The zero-order valence-corrected chi connectivity index (χ0v) is 11.4. The van der Waals surface area contributed by atoms with Crippen molar-refractivity contribution in [3.05, 3.63) is 29.2 Å². The molecule has 1 atom stereocenters. The Morgan fingerprint density at radius 2 is 2.32 bits per heavy atom. The summed E-state index contributed by atoms with van der Waals surface area (Å²) in [4.78, 5) is 8.68. The third-order valence-corrected chi connectivity index (χ3v) is 3.72. The van der Waals surface area contributed by atoms with Gasteiger partial charge in [0, 0.05) is 12.7 Å². The van der Waals surface area contributed by atoms with Gasteiger partial charge in [-0.05, 0) is 38.4 Å². The molecule has 1 aliphatic heterocycles. The van der Waals surface area contributed by atoms with E-state index in [4.69, 9.17) is 16.1 Å². The van der Waals surface area contributed by atoms with E-state index >= 15 is 0 Å². The molecule has 3 heterocycles. The fourth-order valence-electron chi connectivity index (χ4n) is 2.32. The highest BCUT2D eigenvalue weighted by molar-refractivity contribution is 6.30. The minimum absolute atomic E-state index is 0.0874. The Hall–Kier alpha value is -1.46. The van der Waals surface area contributed by atoms with Gasteiger partial charge in [0.2, 0.25) is 11.7 Å². The zero-order chi connectivity index (χ0) is 13.3. The van der Waals surface area contributed by atoms with Crippen LogP contribution in [-0.4, -0.2) is 28.2 Å². The highest BCUT2D eigenvalue weighted by atomic mass is 35.5. The first-order valence-corrected chi connectivity index (χ1v) is 6.72. The van der Waals surface area contributed by atoms with E-state index in [0.717, 1.165) is 25.9 Å². The molecule has 1 fully saturated rings. The lowest BCUT2D eigenvalue weighted by Crippen LogP contribution is -2.41. The van der Waals surface area contributed by atoms with Crippen molar-refractivity contribution in [2.45, 2.75) is 25.2 Å². The summed E-state index contributed by atoms with van der Waals surface area (Å²) >= 11 is 5.81. The van der Waals surface area contributed by atoms with E-state index in [-0.39, 0.29) is 5.41 Å². The molecule has 0 aromatic carbocycles. The van der Waals surface area contributed by atoms with Gasteiger partial charge in [-0.25, -0.2) is 0 Å². The first-order valence-electron chi connectivity index (χ1n) is 6.34. The maximum absolute atomic E-state index is 5.81. The predicted octanol–water partition coefficient (Wildman–Crippen LogP) is 2.43. The Labute approximate surface area is 116 Å². The average molecular weight is 279 g/mol. The lowest BCUT2D eigenvalue weighted by Gasteiger charge is -2.30. The number of nitrogens with one attached hydrogen (secondary N) is 1. The molecule has 6 heteroatoms. The van der Waals surface area contributed by atoms with Crippen LogP contribution >= 0.6 is 11.6 Å². The molecule has 2 aromatic heterocycles. The lowest BCUT2D eigenvalue weighted by molar-refractivity contribution is 0.245. The number of aromatic nitrogens is 3. The van der Waals surface area contributed by atoms with Gasteiger partial charge in [-0.3, -0.25) is 4.98 Å². The van der Waals surface area contributed by atoms with Crippen LogP contribution in [0.5, 0.6) is 0 Å². The van der Waals surface area contributed by atoms with Crippen molar-refractivity contribution in [2.24, 2.45) is 0 Å². The smallest absolute Gasteiger partial charge is 0.234 e. The largest absolute Gasteiger partial charge is 0.338 e. The summed E-state index contributed by atoms with van der Waals surface area (Å²) in [5.41, 5.74) is 0.586. The molecular weight excluding hydrogens is 264 g/mol. The second kappa shape index (κ2) is 4.90. The van der Waals surface area contributed by atoms with Gasteiger partial charge < -0.3 is 9.84 Å². The van der Waals surface area contributed by atoms with E-state index in [1.165, 1.54) is 0 Å².